The van der Waals surface area contributed by atoms with Crippen LogP contribution in [0.5, 0.6) is 0 Å². The number of hydrogen-bond acceptors (Lipinski definition) is 17. The smallest absolute Gasteiger partial charge is 0.326 e. The van der Waals surface area contributed by atoms with Gasteiger partial charge in [0, 0.05) is 134 Å². The van der Waals surface area contributed by atoms with Gasteiger partial charge in [-0.05, 0) is 97.0 Å². The molecule has 11 N–H and O–H groups in total. The third-order valence-corrected chi connectivity index (χ3v) is 20.8. The van der Waals surface area contributed by atoms with Crippen LogP contribution in [0, 0.1) is 30.3 Å². The van der Waals surface area contributed by atoms with E-state index >= 15 is 0 Å². The molecule has 28 nitrogen and oxygen atoms in total. The number of nitro groups is 3. The number of unbranched alkanes of at least 4 members (excludes halogenated alkanes) is 6. The van der Waals surface area contributed by atoms with E-state index in [4.69, 9.17) is 0 Å². The van der Waals surface area contributed by atoms with E-state index in [2.05, 4.69) is 48.5 Å². The molecule has 5 amide bonds. The minimum Gasteiger partial charge on any atom is -0.480 e. The first-order valence-corrected chi connectivity index (χ1v) is 36.1. The van der Waals surface area contributed by atoms with E-state index in [0.717, 1.165) is 38.5 Å². The summed E-state index contributed by atoms with van der Waals surface area (Å²) in [7, 11) is 0. The Hall–Kier alpha value is -11.1. The van der Waals surface area contributed by atoms with Crippen molar-refractivity contribution < 1.29 is 68.4 Å². The molecule has 0 spiro atoms. The second-order valence-corrected chi connectivity index (χ2v) is 28.2. The Morgan fingerprint density at radius 3 is 1.03 bits per heavy atom. The number of carbonyl (C=O) groups is 8. The number of carboxylic acid groups (broad SMARTS) is 3. The fourth-order valence-electron chi connectivity index (χ4n) is 12.1. The molecular formula is C73H77N11O17S3. The van der Waals surface area contributed by atoms with E-state index in [9.17, 15) is 84.0 Å². The van der Waals surface area contributed by atoms with Gasteiger partial charge in [-0.1, -0.05) is 135 Å². The van der Waals surface area contributed by atoms with E-state index in [-0.39, 0.29) is 42.7 Å². The van der Waals surface area contributed by atoms with Gasteiger partial charge in [0.25, 0.3) is 17.1 Å². The lowest BCUT2D eigenvalue weighted by Crippen LogP contribution is -2.54. The van der Waals surface area contributed by atoms with E-state index in [1.54, 1.807) is 72.8 Å². The summed E-state index contributed by atoms with van der Waals surface area (Å²) in [4.78, 5) is 156. The normalized spacial score (nSPS) is 12.7. The van der Waals surface area contributed by atoms with Crippen molar-refractivity contribution in [3.63, 3.8) is 0 Å². The molecule has 31 heteroatoms. The summed E-state index contributed by atoms with van der Waals surface area (Å²) in [6.45, 7) is 1.49. The number of aromatic amines is 3. The monoisotopic (exact) mass is 1480 g/mol. The highest BCUT2D eigenvalue weighted by Crippen LogP contribution is 2.40. The molecule has 6 aromatic carbocycles. The van der Waals surface area contributed by atoms with Gasteiger partial charge < -0.3 is 56.9 Å². The van der Waals surface area contributed by atoms with Crippen molar-refractivity contribution in [3.8, 4) is 0 Å². The number of nitrogens with zero attached hydrogens (tertiary/aromatic N) is 3. The third kappa shape index (κ3) is 21.5. The van der Waals surface area contributed by atoms with Crippen LogP contribution in [-0.4, -0.2) is 123 Å². The lowest BCUT2D eigenvalue weighted by Gasteiger charge is -2.35. The zero-order chi connectivity index (χ0) is 74.5. The molecule has 3 aromatic heterocycles. The molecule has 3 atom stereocenters. The molecular weight excluding hydrogens is 1400 g/mol. The lowest BCUT2D eigenvalue weighted by atomic mass is 9.82. The molecule has 3 unspecified atom stereocenters. The Kier molecular flexibility index (Phi) is 27.2. The van der Waals surface area contributed by atoms with Gasteiger partial charge in [0.1, 0.15) is 18.1 Å². The average Bonchev–Trinajstić information content (AvgIpc) is 1.66. The van der Waals surface area contributed by atoms with Crippen molar-refractivity contribution >= 4 is 133 Å². The quantitative estimate of drug-likeness (QED) is 0.00963. The molecule has 9 aromatic rings. The van der Waals surface area contributed by atoms with Crippen molar-refractivity contribution in [2.75, 3.05) is 6.54 Å². The van der Waals surface area contributed by atoms with Gasteiger partial charge in [-0.15, -0.1) is 0 Å². The fourth-order valence-corrected chi connectivity index (χ4v) is 15.1. The number of hydrogen-bond donors (Lipinski definition) is 11. The van der Waals surface area contributed by atoms with Gasteiger partial charge in [-0.2, -0.15) is 0 Å². The van der Waals surface area contributed by atoms with Crippen molar-refractivity contribution in [3.05, 3.63) is 193 Å². The SMILES string of the molecule is CCCCCCCCCC(=O)NCC(=O)NC(CCC(=O)NC(Cc1c(Sc2ccc([N+](=O)[O-])cc2)[nH]c2ccccc12)C(=O)O)(CCC(=O)NC(Cc1c(Sc2ccc([N+](=O)[O-])cc2)[nH]c2ccccc12)C(=O)O)CCC(=O)NC(Cc1c(Sc2ccc([N+](=O)[O-])cc2)[nH]c2ccccc12)C(=O)O. The number of carboxylic acids is 3. The zero-order valence-corrected chi connectivity index (χ0v) is 58.9. The first-order valence-electron chi connectivity index (χ1n) is 33.6. The summed E-state index contributed by atoms with van der Waals surface area (Å²) in [6.07, 6.45) is 2.61. The summed E-state index contributed by atoms with van der Waals surface area (Å²) in [5.74, 6) is -8.19. The second-order valence-electron chi connectivity index (χ2n) is 25.0. The molecule has 3 heterocycles. The number of fused-ring (bicyclic) bond motifs is 3. The first-order chi connectivity index (χ1) is 49.9. The van der Waals surface area contributed by atoms with Crippen LogP contribution >= 0.6 is 35.3 Å². The number of non-ortho nitro benzene ring substituents is 3. The highest BCUT2D eigenvalue weighted by atomic mass is 32.2. The molecule has 0 bridgehead atoms. The minimum absolute atomic E-state index is 0.0915. The van der Waals surface area contributed by atoms with Crippen LogP contribution in [0.15, 0.2) is 175 Å². The zero-order valence-electron chi connectivity index (χ0n) is 56.4. The van der Waals surface area contributed by atoms with Crippen molar-refractivity contribution in [2.24, 2.45) is 0 Å². The number of amides is 5. The lowest BCUT2D eigenvalue weighted by molar-refractivity contribution is -0.385. The Labute approximate surface area is 607 Å². The number of H-pyrrole nitrogens is 3. The van der Waals surface area contributed by atoms with Crippen molar-refractivity contribution in [1.82, 2.24) is 41.5 Å². The summed E-state index contributed by atoms with van der Waals surface area (Å²) in [6, 6.07) is 33.4. The summed E-state index contributed by atoms with van der Waals surface area (Å²) in [5.41, 5.74) is 1.05. The van der Waals surface area contributed by atoms with E-state index in [0.29, 0.717) is 85.6 Å². The van der Waals surface area contributed by atoms with Gasteiger partial charge in [0.05, 0.1) is 36.4 Å². The second kappa shape index (κ2) is 36.7. The maximum atomic E-state index is 14.6. The van der Waals surface area contributed by atoms with Gasteiger partial charge >= 0.3 is 17.9 Å². The first kappa shape index (κ1) is 77.1. The van der Waals surface area contributed by atoms with Gasteiger partial charge in [0.2, 0.25) is 29.5 Å². The molecule has 0 aliphatic carbocycles. The van der Waals surface area contributed by atoms with E-state index in [1.165, 1.54) is 108 Å². The number of aliphatic carboxylic acids is 3. The Balaban J connectivity index is 1.01. The van der Waals surface area contributed by atoms with Gasteiger partial charge in [0.15, 0.2) is 0 Å². The molecule has 0 aliphatic heterocycles. The Morgan fingerprint density at radius 2 is 0.721 bits per heavy atom. The van der Waals surface area contributed by atoms with Gasteiger partial charge in [-0.3, -0.25) is 54.3 Å². The predicted molar refractivity (Wildman–Crippen MR) is 391 cm³/mol. The van der Waals surface area contributed by atoms with Crippen molar-refractivity contribution in [1.29, 1.82) is 0 Å². The molecule has 0 saturated carbocycles. The molecule has 544 valence electrons. The predicted octanol–water partition coefficient (Wildman–Crippen LogP) is 12.5. The number of benzene rings is 6. The fraction of sp³-hybridized carbons (Fsp3) is 0.315. The van der Waals surface area contributed by atoms with Crippen LogP contribution < -0.4 is 26.6 Å². The summed E-state index contributed by atoms with van der Waals surface area (Å²) < 4.78 is 0. The largest absolute Gasteiger partial charge is 0.480 e. The topological polar surface area (TPSA) is 434 Å². The van der Waals surface area contributed by atoms with Crippen LogP contribution in [0.25, 0.3) is 32.7 Å². The van der Waals surface area contributed by atoms with Crippen LogP contribution in [0.3, 0.4) is 0 Å². The van der Waals surface area contributed by atoms with Crippen LogP contribution in [0.2, 0.25) is 0 Å². The van der Waals surface area contributed by atoms with Crippen molar-refractivity contribution in [2.45, 2.75) is 170 Å². The summed E-state index contributed by atoms with van der Waals surface area (Å²) in [5, 5.41) is 83.4. The Morgan fingerprint density at radius 1 is 0.413 bits per heavy atom. The molecule has 0 fully saturated rings. The molecule has 0 aliphatic rings. The number of rotatable bonds is 41. The summed E-state index contributed by atoms with van der Waals surface area (Å²) >= 11 is 3.53. The molecule has 0 saturated heterocycles. The number of nitro benzene ring substituents is 3. The third-order valence-electron chi connectivity index (χ3n) is 17.6. The molecule has 104 heavy (non-hydrogen) atoms. The number of nitrogens with one attached hydrogen (secondary N) is 8. The highest BCUT2D eigenvalue weighted by molar-refractivity contribution is 7.99. The van der Waals surface area contributed by atoms with Crippen LogP contribution in [-0.2, 0) is 57.6 Å². The van der Waals surface area contributed by atoms with Gasteiger partial charge in [-0.25, -0.2) is 14.4 Å². The van der Waals surface area contributed by atoms with Crippen LogP contribution in [0.1, 0.15) is 114 Å². The standard InChI is InChI=1S/C73H77N11O17S3/c1-2-3-4-5-6-7-8-21-62(85)74-43-66(89)81-73(37-34-63(86)75-59(70(90)91)40-53-50-15-9-12-18-56(50)78-67(53)102-47-28-22-44(23-29-47)82(96)97,38-35-64(87)76-60(71(92)93)41-54-51-16-10-13-19-57(51)79-68(54)103-48-30-24-45(25-31-48)83(98)99)39-36-65(88)77-61(72(94)95)42-55-52-17-11-14-20-58(52)80-69(55)104-49-32-26-46(27-33-49)84(100)101/h9-20,22-33,59-61,78-80H,2-8,21,34-43H2,1H3,(H,74,85)(H,75,86)(H,76,87)(H,77,88)(H,81,89)(H,90,91)(H,92,93)(H,94,95). The number of para-hydroxylation sites is 3. The minimum atomic E-state index is -1.83. The maximum Gasteiger partial charge on any atom is 0.326 e. The molecule has 9 rings (SSSR count). The highest BCUT2D eigenvalue weighted by Gasteiger charge is 2.37. The Bertz CT molecular complexity index is 4200. The molecule has 0 radical (unpaired) electrons. The maximum absolute atomic E-state index is 14.6. The van der Waals surface area contributed by atoms with E-state index < -0.39 is 131 Å². The number of carbonyl (C=O) groups excluding carboxylic acids is 5. The van der Waals surface area contributed by atoms with Crippen LogP contribution in [0.4, 0.5) is 17.1 Å². The number of aromatic nitrogens is 3. The van der Waals surface area contributed by atoms with E-state index in [1.807, 2.05) is 0 Å². The average molecular weight is 1480 g/mol.